The van der Waals surface area contributed by atoms with Crippen molar-refractivity contribution in [3.8, 4) is 22.3 Å². The largest absolute Gasteiger partial charge is 0.310 e. The van der Waals surface area contributed by atoms with E-state index >= 15 is 0 Å². The Labute approximate surface area is 321 Å². The second-order valence-corrected chi connectivity index (χ2v) is 17.0. The fraction of sp³-hybridized carbons (Fsp3) is 0.283. The molecule has 0 heterocycles. The third-order valence-electron chi connectivity index (χ3n) is 13.4. The number of anilines is 3. The minimum atomic E-state index is -0.0347. The Morgan fingerprint density at radius 1 is 0.463 bits per heavy atom. The normalized spacial score (nSPS) is 17.1. The van der Waals surface area contributed by atoms with Crippen LogP contribution in [0.25, 0.3) is 43.8 Å². The van der Waals surface area contributed by atoms with Crippen LogP contribution in [0.2, 0.25) is 0 Å². The van der Waals surface area contributed by atoms with Crippen molar-refractivity contribution in [1.82, 2.24) is 0 Å². The average molecular weight is 702 g/mol. The van der Waals surface area contributed by atoms with Crippen LogP contribution in [0.3, 0.4) is 0 Å². The molecule has 0 amide bonds. The van der Waals surface area contributed by atoms with Gasteiger partial charge >= 0.3 is 0 Å². The molecule has 0 radical (unpaired) electrons. The molecule has 3 aliphatic rings. The van der Waals surface area contributed by atoms with Gasteiger partial charge in [-0.1, -0.05) is 156 Å². The lowest BCUT2D eigenvalue weighted by Gasteiger charge is -2.30. The zero-order valence-corrected chi connectivity index (χ0v) is 32.0. The Morgan fingerprint density at radius 2 is 1.07 bits per heavy atom. The van der Waals surface area contributed by atoms with Crippen molar-refractivity contribution in [2.24, 2.45) is 0 Å². The molecule has 10 rings (SSSR count). The van der Waals surface area contributed by atoms with Gasteiger partial charge in [-0.25, -0.2) is 0 Å². The maximum Gasteiger partial charge on any atom is 0.0546 e. The smallest absolute Gasteiger partial charge is 0.0546 e. The standard InChI is InChI=1S/C53H51N/c1-53(2)49-20-12-11-19-47(49)48-35-45(30-31-50(48)53)54(44-28-25-38(26-29-44)36-13-5-3-6-14-36)51-32-27-39-17-9-10-18-46(39)52(51)43-24-23-41-33-40(21-22-42(41)34-43)37-15-7-4-8-16-37/h9-12,17-37H,3-8,13-16H2,1-2H3. The van der Waals surface area contributed by atoms with Gasteiger partial charge in [0.1, 0.15) is 0 Å². The van der Waals surface area contributed by atoms with Crippen LogP contribution in [0.1, 0.15) is 112 Å². The van der Waals surface area contributed by atoms with Crippen molar-refractivity contribution >= 4 is 38.6 Å². The van der Waals surface area contributed by atoms with Crippen LogP contribution < -0.4 is 4.90 Å². The first-order chi connectivity index (χ1) is 26.5. The lowest BCUT2D eigenvalue weighted by Crippen LogP contribution is -2.15. The highest BCUT2D eigenvalue weighted by atomic mass is 15.1. The first-order valence-electron chi connectivity index (χ1n) is 20.7. The molecule has 0 atom stereocenters. The molecular weight excluding hydrogens is 651 g/mol. The van der Waals surface area contributed by atoms with Crippen molar-refractivity contribution in [2.75, 3.05) is 4.90 Å². The summed E-state index contributed by atoms with van der Waals surface area (Å²) >= 11 is 0. The third kappa shape index (κ3) is 5.76. The SMILES string of the molecule is CC1(C)c2ccccc2-c2cc(N(c3ccc(C4CCCCC4)cc3)c3ccc4ccccc4c3-c3ccc4cc(C5CCCCC5)ccc4c3)ccc21. The number of hydrogen-bond acceptors (Lipinski definition) is 1. The Morgan fingerprint density at radius 3 is 1.87 bits per heavy atom. The van der Waals surface area contributed by atoms with Gasteiger partial charge in [0.05, 0.1) is 5.69 Å². The highest BCUT2D eigenvalue weighted by Gasteiger charge is 2.36. The van der Waals surface area contributed by atoms with Crippen LogP contribution in [0.5, 0.6) is 0 Å². The van der Waals surface area contributed by atoms with E-state index in [1.54, 1.807) is 0 Å². The maximum absolute atomic E-state index is 2.54. The van der Waals surface area contributed by atoms with E-state index in [1.807, 2.05) is 0 Å². The predicted molar refractivity (Wildman–Crippen MR) is 231 cm³/mol. The molecule has 1 heteroatoms. The summed E-state index contributed by atoms with van der Waals surface area (Å²) in [4.78, 5) is 2.54. The Hall–Kier alpha value is -5.14. The van der Waals surface area contributed by atoms with E-state index in [4.69, 9.17) is 0 Å². The van der Waals surface area contributed by atoms with Crippen LogP contribution in [0, 0.1) is 0 Å². The zero-order valence-electron chi connectivity index (χ0n) is 32.0. The summed E-state index contributed by atoms with van der Waals surface area (Å²) in [7, 11) is 0. The van der Waals surface area contributed by atoms with Gasteiger partial charge < -0.3 is 4.90 Å². The Kier molecular flexibility index (Phi) is 8.43. The first-order valence-corrected chi connectivity index (χ1v) is 20.7. The molecule has 7 aromatic carbocycles. The molecule has 0 aromatic heterocycles. The van der Waals surface area contributed by atoms with Crippen LogP contribution in [0.15, 0.2) is 140 Å². The van der Waals surface area contributed by atoms with E-state index in [0.29, 0.717) is 11.8 Å². The highest BCUT2D eigenvalue weighted by Crippen LogP contribution is 2.52. The number of benzene rings is 7. The van der Waals surface area contributed by atoms with Crippen molar-refractivity contribution in [3.63, 3.8) is 0 Å². The van der Waals surface area contributed by atoms with Gasteiger partial charge in [0.25, 0.3) is 0 Å². The van der Waals surface area contributed by atoms with E-state index in [0.717, 1.165) is 0 Å². The summed E-state index contributed by atoms with van der Waals surface area (Å²) in [6.45, 7) is 4.75. The second-order valence-electron chi connectivity index (χ2n) is 17.0. The zero-order chi connectivity index (χ0) is 36.2. The topological polar surface area (TPSA) is 3.24 Å². The van der Waals surface area contributed by atoms with E-state index in [-0.39, 0.29) is 5.41 Å². The highest BCUT2D eigenvalue weighted by molar-refractivity contribution is 6.07. The quantitative estimate of drug-likeness (QED) is 0.167. The van der Waals surface area contributed by atoms with Gasteiger partial charge in [-0.15, -0.1) is 0 Å². The van der Waals surface area contributed by atoms with Gasteiger partial charge in [-0.3, -0.25) is 0 Å². The lowest BCUT2D eigenvalue weighted by molar-refractivity contribution is 0.443. The molecule has 0 spiro atoms. The van der Waals surface area contributed by atoms with E-state index in [1.165, 1.54) is 147 Å². The molecule has 1 nitrogen and oxygen atoms in total. The molecule has 0 unspecified atom stereocenters. The van der Waals surface area contributed by atoms with Crippen molar-refractivity contribution in [3.05, 3.63) is 162 Å². The summed E-state index contributed by atoms with van der Waals surface area (Å²) < 4.78 is 0. The summed E-state index contributed by atoms with van der Waals surface area (Å²) in [6.07, 6.45) is 13.4. The minimum Gasteiger partial charge on any atom is -0.310 e. The number of fused-ring (bicyclic) bond motifs is 5. The maximum atomic E-state index is 2.54. The summed E-state index contributed by atoms with van der Waals surface area (Å²) in [5.74, 6) is 1.38. The molecule has 2 fully saturated rings. The third-order valence-corrected chi connectivity index (χ3v) is 13.4. The fourth-order valence-corrected chi connectivity index (χ4v) is 10.5. The van der Waals surface area contributed by atoms with Crippen molar-refractivity contribution in [1.29, 1.82) is 0 Å². The predicted octanol–water partition coefficient (Wildman–Crippen LogP) is 15.5. The average Bonchev–Trinajstić information content (AvgIpc) is 3.46. The van der Waals surface area contributed by atoms with Gasteiger partial charge in [-0.05, 0) is 134 Å². The number of hydrogen-bond donors (Lipinski definition) is 0. The van der Waals surface area contributed by atoms with Gasteiger partial charge in [0.2, 0.25) is 0 Å². The molecule has 0 aliphatic heterocycles. The summed E-state index contributed by atoms with van der Waals surface area (Å²) in [5, 5.41) is 5.20. The summed E-state index contributed by atoms with van der Waals surface area (Å²) in [6, 6.07) is 54.0. The van der Waals surface area contributed by atoms with E-state index < -0.39 is 0 Å². The van der Waals surface area contributed by atoms with E-state index in [9.17, 15) is 0 Å². The van der Waals surface area contributed by atoms with Crippen molar-refractivity contribution < 1.29 is 0 Å². The van der Waals surface area contributed by atoms with Gasteiger partial charge in [-0.2, -0.15) is 0 Å². The van der Waals surface area contributed by atoms with Gasteiger partial charge in [0.15, 0.2) is 0 Å². The number of nitrogens with zero attached hydrogens (tertiary/aromatic N) is 1. The second kappa shape index (κ2) is 13.6. The monoisotopic (exact) mass is 701 g/mol. The molecule has 0 N–H and O–H groups in total. The van der Waals surface area contributed by atoms with Crippen LogP contribution in [-0.2, 0) is 5.41 Å². The molecule has 54 heavy (non-hydrogen) atoms. The first kappa shape index (κ1) is 33.4. The number of rotatable bonds is 6. The fourth-order valence-electron chi connectivity index (χ4n) is 10.5. The lowest BCUT2D eigenvalue weighted by atomic mass is 9.82. The Bertz CT molecular complexity index is 2490. The Balaban J connectivity index is 1.16. The molecule has 7 aromatic rings. The van der Waals surface area contributed by atoms with Crippen LogP contribution in [-0.4, -0.2) is 0 Å². The van der Waals surface area contributed by atoms with Crippen LogP contribution >= 0.6 is 0 Å². The van der Waals surface area contributed by atoms with Crippen LogP contribution in [0.4, 0.5) is 17.1 Å². The molecular formula is C53H51N. The van der Waals surface area contributed by atoms with E-state index in [2.05, 4.69) is 158 Å². The molecule has 0 bridgehead atoms. The molecule has 0 saturated heterocycles. The van der Waals surface area contributed by atoms with Gasteiger partial charge in [0, 0.05) is 22.4 Å². The van der Waals surface area contributed by atoms with Crippen molar-refractivity contribution in [2.45, 2.75) is 95.3 Å². The molecule has 2 saturated carbocycles. The molecule has 268 valence electrons. The summed E-state index contributed by atoms with van der Waals surface area (Å²) in [5.41, 5.74) is 14.6. The molecule has 3 aliphatic carbocycles. The minimum absolute atomic E-state index is 0.0347.